The summed E-state index contributed by atoms with van der Waals surface area (Å²) < 4.78 is 11.1. The zero-order valence-electron chi connectivity index (χ0n) is 15.4. The molecule has 2 amide bonds. The first-order valence-electron chi connectivity index (χ1n) is 9.41. The topological polar surface area (TPSA) is 98.5 Å². The van der Waals surface area contributed by atoms with Gasteiger partial charge in [-0.25, -0.2) is 4.79 Å². The second-order valence-electron chi connectivity index (χ2n) is 7.20. The lowest BCUT2D eigenvalue weighted by molar-refractivity contribution is 0.187. The van der Waals surface area contributed by atoms with Crippen LogP contribution in [0, 0.1) is 17.2 Å². The van der Waals surface area contributed by atoms with Crippen LogP contribution in [-0.2, 0) is 0 Å². The summed E-state index contributed by atoms with van der Waals surface area (Å²) in [5, 5.41) is 12.5. The molecule has 2 atom stereocenters. The van der Waals surface area contributed by atoms with Crippen LogP contribution in [0.2, 0.25) is 0 Å². The first-order valence-corrected chi connectivity index (χ1v) is 9.41. The van der Waals surface area contributed by atoms with Gasteiger partial charge in [0.15, 0.2) is 5.76 Å². The minimum Gasteiger partial charge on any atom is -0.459 e. The zero-order valence-corrected chi connectivity index (χ0v) is 15.4. The van der Waals surface area contributed by atoms with Gasteiger partial charge in [-0.1, -0.05) is 13.3 Å². The highest BCUT2D eigenvalue weighted by Crippen LogP contribution is 2.29. The average Bonchev–Trinajstić information content (AvgIpc) is 3.43. The number of hydrogen-bond donors (Lipinski definition) is 1. The van der Waals surface area contributed by atoms with Crippen molar-refractivity contribution in [1.29, 1.82) is 5.26 Å². The Morgan fingerprint density at radius 1 is 1.33 bits per heavy atom. The van der Waals surface area contributed by atoms with Gasteiger partial charge in [0.2, 0.25) is 11.6 Å². The molecule has 4 rings (SSSR count). The fourth-order valence-corrected chi connectivity index (χ4v) is 3.83. The normalized spacial score (nSPS) is 22.7. The predicted octanol–water partition coefficient (Wildman–Crippen LogP) is 2.83. The molecule has 1 N–H and O–H groups in total. The fourth-order valence-electron chi connectivity index (χ4n) is 3.83. The molecule has 0 unspecified atom stereocenters. The van der Waals surface area contributed by atoms with Crippen LogP contribution in [0.3, 0.4) is 0 Å². The second kappa shape index (κ2) is 7.35. The largest absolute Gasteiger partial charge is 0.459 e. The number of piperazine rings is 1. The number of urea groups is 1. The van der Waals surface area contributed by atoms with Crippen LogP contribution >= 0.6 is 0 Å². The summed E-state index contributed by atoms with van der Waals surface area (Å²) in [5.41, 5.74) is 0.235. The molecule has 1 aliphatic heterocycles. The highest BCUT2D eigenvalue weighted by molar-refractivity contribution is 5.75. The smallest absolute Gasteiger partial charge is 0.317 e. The van der Waals surface area contributed by atoms with E-state index in [0.29, 0.717) is 49.6 Å². The third-order valence-corrected chi connectivity index (χ3v) is 5.47. The van der Waals surface area contributed by atoms with Crippen molar-refractivity contribution in [3.05, 3.63) is 24.1 Å². The number of carbonyl (C=O) groups excluding carboxylic acids is 1. The van der Waals surface area contributed by atoms with Crippen molar-refractivity contribution in [2.24, 2.45) is 5.92 Å². The Hall–Kier alpha value is -2.95. The minimum absolute atomic E-state index is 0.00255. The molecule has 0 radical (unpaired) electrons. The molecule has 2 aliphatic rings. The van der Waals surface area contributed by atoms with E-state index in [1.165, 1.54) is 19.1 Å². The molecule has 1 saturated heterocycles. The number of nitrogens with one attached hydrogen (secondary N) is 1. The van der Waals surface area contributed by atoms with E-state index >= 15 is 0 Å². The molecule has 142 valence electrons. The Morgan fingerprint density at radius 3 is 2.78 bits per heavy atom. The molecule has 0 aromatic carbocycles. The third-order valence-electron chi connectivity index (χ3n) is 5.47. The number of carbonyl (C=O) groups is 1. The van der Waals surface area contributed by atoms with E-state index < -0.39 is 0 Å². The van der Waals surface area contributed by atoms with Crippen molar-refractivity contribution >= 4 is 11.9 Å². The number of furan rings is 1. The van der Waals surface area contributed by atoms with Crippen LogP contribution in [0.25, 0.3) is 11.7 Å². The molecular weight excluding hydrogens is 346 g/mol. The van der Waals surface area contributed by atoms with Gasteiger partial charge in [0.25, 0.3) is 5.89 Å². The Bertz CT molecular complexity index is 830. The van der Waals surface area contributed by atoms with Crippen LogP contribution in [0.15, 0.2) is 27.2 Å². The number of amides is 2. The summed E-state index contributed by atoms with van der Waals surface area (Å²) in [7, 11) is 0. The summed E-state index contributed by atoms with van der Waals surface area (Å²) in [5.74, 6) is 1.76. The molecule has 2 aromatic heterocycles. The number of anilines is 1. The van der Waals surface area contributed by atoms with E-state index in [1.54, 1.807) is 12.1 Å². The highest BCUT2D eigenvalue weighted by Gasteiger charge is 2.30. The number of hydrogen-bond acceptors (Lipinski definition) is 6. The molecule has 8 heteroatoms. The van der Waals surface area contributed by atoms with Gasteiger partial charge < -0.3 is 24.0 Å². The lowest BCUT2D eigenvalue weighted by Gasteiger charge is -2.35. The number of aromatic nitrogens is 1. The van der Waals surface area contributed by atoms with Gasteiger partial charge in [0.05, 0.1) is 6.26 Å². The van der Waals surface area contributed by atoms with Crippen LogP contribution in [0.4, 0.5) is 10.7 Å². The fraction of sp³-hybridized carbons (Fsp3) is 0.526. The SMILES string of the molecule is C[C@H]1CCC[C@@H]1NC(=O)N1CCN(c2oc(-c3ccco3)nc2C#N)CC1. The van der Waals surface area contributed by atoms with E-state index in [1.807, 2.05) is 9.80 Å². The second-order valence-corrected chi connectivity index (χ2v) is 7.20. The average molecular weight is 369 g/mol. The molecule has 1 saturated carbocycles. The summed E-state index contributed by atoms with van der Waals surface area (Å²) in [6.45, 7) is 4.53. The number of rotatable bonds is 3. The van der Waals surface area contributed by atoms with E-state index in [0.717, 1.165) is 6.42 Å². The first-order chi connectivity index (χ1) is 13.2. The van der Waals surface area contributed by atoms with Crippen molar-refractivity contribution in [3.63, 3.8) is 0 Å². The maximum absolute atomic E-state index is 12.5. The standard InChI is InChI=1S/C19H23N5O3/c1-13-4-2-5-14(13)22-19(25)24-9-7-23(8-10-24)18-15(12-20)21-17(27-18)16-6-3-11-26-16/h3,6,11,13-14H,2,4-5,7-10H2,1H3,(H,22,25)/t13-,14-/m0/s1. The lowest BCUT2D eigenvalue weighted by Crippen LogP contribution is -2.54. The van der Waals surface area contributed by atoms with Gasteiger partial charge in [-0.3, -0.25) is 0 Å². The molecule has 2 fully saturated rings. The summed E-state index contributed by atoms with van der Waals surface area (Å²) in [6.07, 6.45) is 4.96. The number of nitrogens with zero attached hydrogens (tertiary/aromatic N) is 4. The quantitative estimate of drug-likeness (QED) is 0.893. The van der Waals surface area contributed by atoms with Crippen molar-refractivity contribution in [3.8, 4) is 17.7 Å². The monoisotopic (exact) mass is 369 g/mol. The van der Waals surface area contributed by atoms with E-state index in [9.17, 15) is 10.1 Å². The number of oxazole rings is 1. The molecule has 8 nitrogen and oxygen atoms in total. The van der Waals surface area contributed by atoms with Gasteiger partial charge in [0.1, 0.15) is 6.07 Å². The molecule has 0 bridgehead atoms. The molecule has 2 aromatic rings. The zero-order chi connectivity index (χ0) is 18.8. The summed E-state index contributed by atoms with van der Waals surface area (Å²) in [6, 6.07) is 5.85. The first kappa shape index (κ1) is 17.5. The van der Waals surface area contributed by atoms with E-state index in [-0.39, 0.29) is 17.8 Å². The van der Waals surface area contributed by atoms with Crippen LogP contribution in [0.1, 0.15) is 31.9 Å². The Morgan fingerprint density at radius 2 is 2.15 bits per heavy atom. The Kier molecular flexibility index (Phi) is 4.75. The van der Waals surface area contributed by atoms with Crippen LogP contribution < -0.4 is 10.2 Å². The van der Waals surface area contributed by atoms with Crippen molar-refractivity contribution < 1.29 is 13.6 Å². The van der Waals surface area contributed by atoms with Crippen LogP contribution in [-0.4, -0.2) is 48.1 Å². The van der Waals surface area contributed by atoms with Crippen LogP contribution in [0.5, 0.6) is 0 Å². The Balaban J connectivity index is 1.39. The van der Waals surface area contributed by atoms with Crippen molar-refractivity contribution in [2.75, 3.05) is 31.1 Å². The molecule has 1 aliphatic carbocycles. The lowest BCUT2D eigenvalue weighted by atomic mass is 10.1. The minimum atomic E-state index is 0.00255. The Labute approximate surface area is 157 Å². The third kappa shape index (κ3) is 3.50. The molecule has 3 heterocycles. The van der Waals surface area contributed by atoms with Gasteiger partial charge in [-0.2, -0.15) is 10.2 Å². The van der Waals surface area contributed by atoms with Gasteiger partial charge in [-0.05, 0) is 30.9 Å². The molecule has 0 spiro atoms. The van der Waals surface area contributed by atoms with Gasteiger partial charge in [-0.15, -0.1) is 0 Å². The van der Waals surface area contributed by atoms with Crippen molar-refractivity contribution in [2.45, 2.75) is 32.2 Å². The van der Waals surface area contributed by atoms with E-state index in [4.69, 9.17) is 8.83 Å². The predicted molar refractivity (Wildman–Crippen MR) is 98.0 cm³/mol. The maximum Gasteiger partial charge on any atom is 0.317 e. The molecular formula is C19H23N5O3. The summed E-state index contributed by atoms with van der Waals surface area (Å²) in [4.78, 5) is 20.5. The molecule has 27 heavy (non-hydrogen) atoms. The van der Waals surface area contributed by atoms with Gasteiger partial charge in [0, 0.05) is 32.2 Å². The highest BCUT2D eigenvalue weighted by atomic mass is 16.4. The van der Waals surface area contributed by atoms with E-state index in [2.05, 4.69) is 23.3 Å². The maximum atomic E-state index is 12.5. The van der Waals surface area contributed by atoms with Gasteiger partial charge >= 0.3 is 6.03 Å². The summed E-state index contributed by atoms with van der Waals surface area (Å²) >= 11 is 0. The van der Waals surface area contributed by atoms with Crippen molar-refractivity contribution in [1.82, 2.24) is 15.2 Å². The number of nitriles is 1.